The van der Waals surface area contributed by atoms with Crippen LogP contribution in [0.15, 0.2) is 72.8 Å². The predicted octanol–water partition coefficient (Wildman–Crippen LogP) is 4.90. The highest BCUT2D eigenvalue weighted by Crippen LogP contribution is 2.60. The Morgan fingerprint density at radius 2 is 0.771 bits per heavy atom. The van der Waals surface area contributed by atoms with E-state index in [1.807, 2.05) is 0 Å². The molecule has 0 radical (unpaired) electrons. The lowest BCUT2D eigenvalue weighted by Crippen LogP contribution is -2.51. The Morgan fingerprint density at radius 3 is 1.12 bits per heavy atom. The molecule has 48 heavy (non-hydrogen) atoms. The first-order valence-electron chi connectivity index (χ1n) is 17.5. The molecule has 9 heteroatoms. The maximum absolute atomic E-state index is 6.11. The standard InChI is InChI=1S/C39H44O9/c1-7-29(40-20-35-23-46-35)8-2-26(1)13-38(14-32-17-43-32,15-33-18-44-33)39(16-34-19-45-34,27-3-9-30(10-4-27)41-21-36-24-47-36)28-5-11-31(12-6-28)42-22-37-25-48-37/h1-12,32-37H,13-25H2. The van der Waals surface area contributed by atoms with Gasteiger partial charge in [0.05, 0.1) is 58.0 Å². The van der Waals surface area contributed by atoms with Gasteiger partial charge in [-0.15, -0.1) is 0 Å². The monoisotopic (exact) mass is 656 g/mol. The maximum atomic E-state index is 6.11. The van der Waals surface area contributed by atoms with Gasteiger partial charge >= 0.3 is 0 Å². The molecule has 254 valence electrons. The summed E-state index contributed by atoms with van der Waals surface area (Å²) >= 11 is 0. The van der Waals surface area contributed by atoms with E-state index < -0.39 is 5.41 Å². The van der Waals surface area contributed by atoms with E-state index in [0.29, 0.717) is 19.8 Å². The van der Waals surface area contributed by atoms with E-state index >= 15 is 0 Å². The van der Waals surface area contributed by atoms with Crippen molar-refractivity contribution in [1.82, 2.24) is 0 Å². The van der Waals surface area contributed by atoms with Gasteiger partial charge in [-0.1, -0.05) is 36.4 Å². The highest BCUT2D eigenvalue weighted by Gasteiger charge is 2.59. The quantitative estimate of drug-likeness (QED) is 0.157. The molecular weight excluding hydrogens is 612 g/mol. The van der Waals surface area contributed by atoms with E-state index in [9.17, 15) is 0 Å². The molecule has 6 fully saturated rings. The summed E-state index contributed by atoms with van der Waals surface area (Å²) in [7, 11) is 0. The third kappa shape index (κ3) is 7.37. The minimum atomic E-state index is -0.430. The molecule has 0 aliphatic carbocycles. The number of hydrogen-bond donors (Lipinski definition) is 0. The summed E-state index contributed by atoms with van der Waals surface area (Å²) in [6.45, 7) is 6.39. The van der Waals surface area contributed by atoms with Crippen LogP contribution >= 0.6 is 0 Å². The Balaban J connectivity index is 1.13. The Morgan fingerprint density at radius 1 is 0.438 bits per heavy atom. The molecule has 9 nitrogen and oxygen atoms in total. The lowest BCUT2D eigenvalue weighted by atomic mass is 9.50. The fraction of sp³-hybridized carbons (Fsp3) is 0.538. The average Bonchev–Trinajstić information content (AvgIpc) is 3.90. The summed E-state index contributed by atoms with van der Waals surface area (Å²) in [4.78, 5) is 0. The van der Waals surface area contributed by atoms with Gasteiger partial charge in [0.1, 0.15) is 55.4 Å². The van der Waals surface area contributed by atoms with Gasteiger partial charge in [0, 0.05) is 5.41 Å². The second-order valence-corrected chi connectivity index (χ2v) is 14.3. The van der Waals surface area contributed by atoms with E-state index in [1.165, 1.54) is 16.7 Å². The molecule has 0 saturated carbocycles. The van der Waals surface area contributed by atoms with E-state index in [-0.39, 0.29) is 42.0 Å². The van der Waals surface area contributed by atoms with Gasteiger partial charge < -0.3 is 42.6 Å². The summed E-state index contributed by atoms with van der Waals surface area (Å²) in [5.74, 6) is 2.57. The van der Waals surface area contributed by atoms with E-state index in [1.54, 1.807) is 0 Å². The zero-order chi connectivity index (χ0) is 32.0. The van der Waals surface area contributed by atoms with Gasteiger partial charge in [0.15, 0.2) is 0 Å². The van der Waals surface area contributed by atoms with E-state index in [0.717, 1.165) is 82.6 Å². The van der Waals surface area contributed by atoms with Crippen LogP contribution < -0.4 is 14.2 Å². The minimum absolute atomic E-state index is 0.163. The molecule has 9 rings (SSSR count). The fourth-order valence-corrected chi connectivity index (χ4v) is 7.56. The van der Waals surface area contributed by atoms with Crippen molar-refractivity contribution in [1.29, 1.82) is 0 Å². The molecule has 0 N–H and O–H groups in total. The van der Waals surface area contributed by atoms with Crippen molar-refractivity contribution >= 4 is 0 Å². The second kappa shape index (κ2) is 12.9. The number of benzene rings is 3. The summed E-state index contributed by atoms with van der Waals surface area (Å²) in [6, 6.07) is 26.2. The first kappa shape index (κ1) is 30.8. The Bertz CT molecular complexity index is 1440. The Hall–Kier alpha value is -3.18. The van der Waals surface area contributed by atoms with Crippen LogP contribution in [0.3, 0.4) is 0 Å². The van der Waals surface area contributed by atoms with Crippen LogP contribution in [0.5, 0.6) is 17.2 Å². The number of hydrogen-bond acceptors (Lipinski definition) is 9. The highest BCUT2D eigenvalue weighted by atomic mass is 16.6. The molecule has 6 aliphatic heterocycles. The zero-order valence-electron chi connectivity index (χ0n) is 27.3. The van der Waals surface area contributed by atoms with Crippen molar-refractivity contribution in [3.8, 4) is 17.2 Å². The number of ether oxygens (including phenoxy) is 9. The van der Waals surface area contributed by atoms with Gasteiger partial charge in [-0.25, -0.2) is 0 Å². The van der Waals surface area contributed by atoms with Crippen molar-refractivity contribution in [2.75, 3.05) is 59.5 Å². The molecular formula is C39H44O9. The molecule has 0 aromatic heterocycles. The van der Waals surface area contributed by atoms with Crippen LogP contribution in [-0.2, 0) is 40.3 Å². The highest BCUT2D eigenvalue weighted by molar-refractivity contribution is 5.48. The Labute approximate surface area is 281 Å². The van der Waals surface area contributed by atoms with Crippen LogP contribution in [-0.4, -0.2) is 96.1 Å². The van der Waals surface area contributed by atoms with Gasteiger partial charge in [-0.3, -0.25) is 0 Å². The molecule has 6 heterocycles. The normalized spacial score (nSPS) is 30.0. The summed E-state index contributed by atoms with van der Waals surface area (Å²) < 4.78 is 52.6. The first-order chi connectivity index (χ1) is 23.6. The molecule has 3 aromatic carbocycles. The lowest BCUT2D eigenvalue weighted by Gasteiger charge is -2.52. The largest absolute Gasteiger partial charge is 0.491 e. The van der Waals surface area contributed by atoms with E-state index in [2.05, 4.69) is 72.8 Å². The van der Waals surface area contributed by atoms with Crippen molar-refractivity contribution in [3.05, 3.63) is 89.5 Å². The van der Waals surface area contributed by atoms with Crippen molar-refractivity contribution in [2.45, 2.75) is 67.7 Å². The van der Waals surface area contributed by atoms with Crippen LogP contribution in [0.2, 0.25) is 0 Å². The molecule has 0 bridgehead atoms. The molecule has 6 unspecified atom stereocenters. The zero-order valence-corrected chi connectivity index (χ0v) is 27.3. The van der Waals surface area contributed by atoms with Crippen LogP contribution in [0.25, 0.3) is 0 Å². The van der Waals surface area contributed by atoms with Crippen molar-refractivity contribution in [3.63, 3.8) is 0 Å². The van der Waals surface area contributed by atoms with Gasteiger partial charge in [-0.05, 0) is 84.2 Å². The predicted molar refractivity (Wildman–Crippen MR) is 175 cm³/mol. The molecule has 6 aliphatic rings. The lowest BCUT2D eigenvalue weighted by molar-refractivity contribution is 0.0779. The summed E-state index contributed by atoms with van der Waals surface area (Å²) in [6.07, 6.45) is 4.70. The Kier molecular flexibility index (Phi) is 8.31. The SMILES string of the molecule is c1cc(OCC2CO2)ccc1CC(CC1CO1)(CC1CO1)C(CC1CO1)(c1ccc(OCC2CO2)cc1)c1ccc(OCC2CO2)cc1. The minimum Gasteiger partial charge on any atom is -0.491 e. The topological polar surface area (TPSA) is 103 Å². The average molecular weight is 657 g/mol. The van der Waals surface area contributed by atoms with Gasteiger partial charge in [0.25, 0.3) is 0 Å². The first-order valence-corrected chi connectivity index (χ1v) is 17.5. The smallest absolute Gasteiger partial charge is 0.119 e. The van der Waals surface area contributed by atoms with Gasteiger partial charge in [0.2, 0.25) is 0 Å². The van der Waals surface area contributed by atoms with Crippen LogP contribution in [0.4, 0.5) is 0 Å². The van der Waals surface area contributed by atoms with Crippen LogP contribution in [0.1, 0.15) is 36.0 Å². The maximum Gasteiger partial charge on any atom is 0.119 e. The summed E-state index contributed by atoms with van der Waals surface area (Å²) in [5, 5.41) is 0. The third-order valence-electron chi connectivity index (χ3n) is 10.6. The number of rotatable bonds is 20. The molecule has 6 saturated heterocycles. The molecule has 0 spiro atoms. The third-order valence-corrected chi connectivity index (χ3v) is 10.6. The second-order valence-electron chi connectivity index (χ2n) is 14.3. The van der Waals surface area contributed by atoms with Crippen molar-refractivity contribution in [2.24, 2.45) is 5.41 Å². The molecule has 0 amide bonds. The van der Waals surface area contributed by atoms with Gasteiger partial charge in [-0.2, -0.15) is 0 Å². The fourth-order valence-electron chi connectivity index (χ4n) is 7.56. The molecule has 6 atom stereocenters. The van der Waals surface area contributed by atoms with Crippen LogP contribution in [0, 0.1) is 5.41 Å². The van der Waals surface area contributed by atoms with Crippen molar-refractivity contribution < 1.29 is 42.6 Å². The number of epoxide rings is 6. The van der Waals surface area contributed by atoms with E-state index in [4.69, 9.17) is 42.6 Å². The summed E-state index contributed by atoms with van der Waals surface area (Å²) in [5.41, 5.74) is 3.07. The molecule has 3 aromatic rings.